The van der Waals surface area contributed by atoms with E-state index in [1.54, 1.807) is 78.3 Å². The van der Waals surface area contributed by atoms with Gasteiger partial charge in [0, 0.05) is 23.7 Å². The fraction of sp³-hybridized carbons (Fsp3) is 0.115. The number of carbonyl (C=O) groups excluding carboxylic acids is 2. The normalized spacial score (nSPS) is 11.9. The maximum Gasteiger partial charge on any atom is 0.325 e. The Labute approximate surface area is 223 Å². The van der Waals surface area contributed by atoms with Gasteiger partial charge < -0.3 is 15.8 Å². The predicted octanol–water partition coefficient (Wildman–Crippen LogP) is 4.36. The van der Waals surface area contributed by atoms with E-state index >= 15 is 0 Å². The first kappa shape index (κ1) is 26.8. The Kier molecular flexibility index (Phi) is 8.36. The Balaban J connectivity index is 1.62. The highest BCUT2D eigenvalue weighted by atomic mass is 32.2. The number of methoxy groups -OCH3 is 1. The molecule has 0 saturated heterocycles. The molecule has 4 rings (SSSR count). The number of anilines is 2. The molecule has 0 bridgehead atoms. The van der Waals surface area contributed by atoms with Crippen molar-refractivity contribution in [2.24, 2.45) is 5.73 Å². The third-order valence-electron chi connectivity index (χ3n) is 5.46. The summed E-state index contributed by atoms with van der Waals surface area (Å²) < 4.78 is 34.9. The summed E-state index contributed by atoms with van der Waals surface area (Å²) in [5.74, 6) is -0.519. The Morgan fingerprint density at radius 3 is 2.45 bits per heavy atom. The molecule has 1 unspecified atom stereocenters. The predicted molar refractivity (Wildman–Crippen MR) is 147 cm³/mol. The second kappa shape index (κ2) is 11.9. The molecular weight excluding hydrogens is 526 g/mol. The van der Waals surface area contributed by atoms with Crippen molar-refractivity contribution in [2.45, 2.75) is 17.4 Å². The van der Waals surface area contributed by atoms with Crippen molar-refractivity contribution in [2.75, 3.05) is 17.7 Å². The zero-order valence-corrected chi connectivity index (χ0v) is 21.9. The number of ether oxygens (including phenoxy) is 1. The van der Waals surface area contributed by atoms with Crippen molar-refractivity contribution in [3.05, 3.63) is 89.9 Å². The molecule has 38 heavy (non-hydrogen) atoms. The molecule has 0 radical (unpaired) electrons. The molecule has 1 atom stereocenters. The van der Waals surface area contributed by atoms with Crippen LogP contribution in [0.2, 0.25) is 0 Å². The summed E-state index contributed by atoms with van der Waals surface area (Å²) >= 11 is 1.29. The number of urea groups is 1. The molecule has 10 nitrogen and oxygen atoms in total. The van der Waals surface area contributed by atoms with Crippen molar-refractivity contribution in [3.63, 3.8) is 0 Å². The van der Waals surface area contributed by atoms with Crippen molar-refractivity contribution in [1.82, 2.24) is 9.71 Å². The molecule has 3 aromatic carbocycles. The summed E-state index contributed by atoms with van der Waals surface area (Å²) in [5, 5.41) is 7.58. The van der Waals surface area contributed by atoms with Gasteiger partial charge in [0.25, 0.3) is 0 Å². The van der Waals surface area contributed by atoms with Gasteiger partial charge in [-0.1, -0.05) is 48.5 Å². The lowest BCUT2D eigenvalue weighted by molar-refractivity contribution is -0.118. The van der Waals surface area contributed by atoms with Gasteiger partial charge in [-0.25, -0.2) is 22.9 Å². The first-order valence-corrected chi connectivity index (χ1v) is 13.7. The summed E-state index contributed by atoms with van der Waals surface area (Å²) in [6.45, 7) is 0. The third kappa shape index (κ3) is 6.73. The van der Waals surface area contributed by atoms with Crippen LogP contribution in [0.3, 0.4) is 0 Å². The largest absolute Gasteiger partial charge is 0.495 e. The number of primary amides is 1. The number of aromatic nitrogens is 1. The Morgan fingerprint density at radius 2 is 1.76 bits per heavy atom. The van der Waals surface area contributed by atoms with E-state index in [2.05, 4.69) is 20.3 Å². The number of nitrogens with two attached hydrogens (primary N) is 1. The zero-order chi connectivity index (χ0) is 27.1. The van der Waals surface area contributed by atoms with E-state index in [0.717, 1.165) is 0 Å². The van der Waals surface area contributed by atoms with Crippen molar-refractivity contribution in [1.29, 1.82) is 0 Å². The monoisotopic (exact) mass is 551 g/mol. The highest BCUT2D eigenvalue weighted by Crippen LogP contribution is 2.32. The van der Waals surface area contributed by atoms with E-state index in [0.29, 0.717) is 27.5 Å². The summed E-state index contributed by atoms with van der Waals surface area (Å²) in [6, 6.07) is 19.1. The van der Waals surface area contributed by atoms with Crippen molar-refractivity contribution in [3.8, 4) is 16.9 Å². The number of carbonyl (C=O) groups is 2. The number of thiazole rings is 1. The summed E-state index contributed by atoms with van der Waals surface area (Å²) in [7, 11) is -2.78. The van der Waals surface area contributed by atoms with Crippen LogP contribution >= 0.6 is 11.3 Å². The first-order valence-electron chi connectivity index (χ1n) is 11.4. The Bertz CT molecular complexity index is 1530. The summed E-state index contributed by atoms with van der Waals surface area (Å²) in [5.41, 5.74) is 7.72. The average Bonchev–Trinajstić information content (AvgIpc) is 3.41. The van der Waals surface area contributed by atoms with E-state index in [-0.39, 0.29) is 17.1 Å². The number of benzene rings is 3. The second-order valence-corrected chi connectivity index (χ2v) is 10.7. The van der Waals surface area contributed by atoms with Crippen LogP contribution in [0, 0.1) is 0 Å². The fourth-order valence-corrected chi connectivity index (χ4v) is 5.70. The number of hydrogen-bond acceptors (Lipinski definition) is 7. The minimum absolute atomic E-state index is 0.109. The van der Waals surface area contributed by atoms with E-state index in [1.807, 2.05) is 0 Å². The Morgan fingerprint density at radius 1 is 1.00 bits per heavy atom. The number of hydrogen-bond donors (Lipinski definition) is 4. The molecule has 1 aromatic heterocycles. The molecule has 5 N–H and O–H groups in total. The minimum Gasteiger partial charge on any atom is -0.495 e. The average molecular weight is 552 g/mol. The van der Waals surface area contributed by atoms with Gasteiger partial charge in [0.05, 0.1) is 13.2 Å². The lowest BCUT2D eigenvalue weighted by atomic mass is 10.0. The van der Waals surface area contributed by atoms with Crippen LogP contribution in [-0.2, 0) is 14.8 Å². The lowest BCUT2D eigenvalue weighted by Crippen LogP contribution is -2.32. The maximum atomic E-state index is 13.5. The highest BCUT2D eigenvalue weighted by Gasteiger charge is 2.26. The molecule has 0 spiro atoms. The van der Waals surface area contributed by atoms with Crippen LogP contribution in [0.5, 0.6) is 5.75 Å². The number of sulfonamides is 1. The molecule has 0 aliphatic heterocycles. The third-order valence-corrected chi connectivity index (χ3v) is 7.65. The number of nitrogens with one attached hydrogen (secondary N) is 3. The second-order valence-electron chi connectivity index (χ2n) is 8.12. The topological polar surface area (TPSA) is 153 Å². The van der Waals surface area contributed by atoms with Gasteiger partial charge in [-0.15, -0.1) is 11.3 Å². The molecule has 4 aromatic rings. The smallest absolute Gasteiger partial charge is 0.325 e. The van der Waals surface area contributed by atoms with Gasteiger partial charge in [0.15, 0.2) is 5.13 Å². The van der Waals surface area contributed by atoms with E-state index in [9.17, 15) is 18.0 Å². The van der Waals surface area contributed by atoms with Crippen LogP contribution in [0.1, 0.15) is 18.0 Å². The SMILES string of the molecule is COc1ccc(-c2cccc(NC(=O)Nc3nccs3)c2)cc1S(=O)(=O)NC(CC(N)=O)c1ccccc1. The molecule has 0 fully saturated rings. The van der Waals surface area contributed by atoms with E-state index in [4.69, 9.17) is 10.5 Å². The molecule has 196 valence electrons. The van der Waals surface area contributed by atoms with Gasteiger partial charge in [0.2, 0.25) is 15.9 Å². The number of rotatable bonds is 10. The number of amides is 3. The maximum absolute atomic E-state index is 13.5. The van der Waals surface area contributed by atoms with Gasteiger partial charge in [0.1, 0.15) is 10.6 Å². The van der Waals surface area contributed by atoms with Crippen LogP contribution in [-0.4, -0.2) is 32.4 Å². The molecule has 1 heterocycles. The van der Waals surface area contributed by atoms with Crippen LogP contribution < -0.4 is 25.8 Å². The molecule has 0 saturated carbocycles. The van der Waals surface area contributed by atoms with Gasteiger partial charge in [-0.2, -0.15) is 0 Å². The van der Waals surface area contributed by atoms with Crippen molar-refractivity contribution >= 4 is 44.1 Å². The van der Waals surface area contributed by atoms with Gasteiger partial charge in [-0.05, 0) is 41.0 Å². The molecule has 12 heteroatoms. The van der Waals surface area contributed by atoms with Crippen molar-refractivity contribution < 1.29 is 22.7 Å². The van der Waals surface area contributed by atoms with E-state index in [1.165, 1.54) is 24.5 Å². The van der Waals surface area contributed by atoms with Crippen LogP contribution in [0.25, 0.3) is 11.1 Å². The fourth-order valence-electron chi connectivity index (χ4n) is 3.75. The summed E-state index contributed by atoms with van der Waals surface area (Å²) in [6.07, 6.45) is 1.36. The minimum atomic E-state index is -4.15. The number of nitrogens with zero attached hydrogens (tertiary/aromatic N) is 1. The molecule has 0 aliphatic carbocycles. The quantitative estimate of drug-likeness (QED) is 0.230. The summed E-state index contributed by atoms with van der Waals surface area (Å²) in [4.78, 5) is 27.9. The lowest BCUT2D eigenvalue weighted by Gasteiger charge is -2.19. The van der Waals surface area contributed by atoms with Crippen LogP contribution in [0.15, 0.2) is 89.3 Å². The molecule has 0 aliphatic rings. The molecule has 3 amide bonds. The molecular formula is C26H25N5O5S2. The zero-order valence-electron chi connectivity index (χ0n) is 20.2. The van der Waals surface area contributed by atoms with Gasteiger partial charge >= 0.3 is 6.03 Å². The van der Waals surface area contributed by atoms with Gasteiger partial charge in [-0.3, -0.25) is 10.1 Å². The standard InChI is InChI=1S/C26H25N5O5S2/c1-36-22-11-10-19(18-8-5-9-20(14-18)29-25(33)30-26-28-12-13-37-26)15-23(22)38(34,35)31-21(16-24(27)32)17-6-3-2-4-7-17/h2-15,21,31H,16H2,1H3,(H2,27,32)(H2,28,29,30,33). The Hall–Kier alpha value is -4.26. The van der Waals surface area contributed by atoms with E-state index < -0.39 is 28.0 Å². The first-order chi connectivity index (χ1) is 18.2. The van der Waals surface area contributed by atoms with Crippen LogP contribution in [0.4, 0.5) is 15.6 Å². The highest BCUT2D eigenvalue weighted by molar-refractivity contribution is 7.89.